The van der Waals surface area contributed by atoms with Crippen molar-refractivity contribution < 1.29 is 137 Å². The molecule has 0 aliphatic heterocycles. The summed E-state index contributed by atoms with van der Waals surface area (Å²) in [5.41, 5.74) is 21.2. The van der Waals surface area contributed by atoms with Crippen LogP contribution in [-0.4, -0.2) is 23.9 Å². The fourth-order valence-corrected chi connectivity index (χ4v) is 1.86. The smallest absolute Gasteiger partial charge is 0.550 e. The van der Waals surface area contributed by atoms with Crippen molar-refractivity contribution >= 4 is 62.8 Å². The molecule has 4 aromatic rings. The molecule has 4 aromatic heterocycles. The van der Waals surface area contributed by atoms with Gasteiger partial charge in [-0.15, -0.1) is 0 Å². The molecule has 0 aromatic carbocycles. The summed E-state index contributed by atoms with van der Waals surface area (Å²) in [6, 6.07) is 22.3. The van der Waals surface area contributed by atoms with Gasteiger partial charge in [0.15, 0.2) is 0 Å². The van der Waals surface area contributed by atoms with Gasteiger partial charge in [-0.05, 0) is 24.3 Å². The van der Waals surface area contributed by atoms with Gasteiger partial charge < -0.3 is 50.6 Å². The molecule has 18 N–H and O–H groups in total. The van der Waals surface area contributed by atoms with E-state index < -0.39 is 52.3 Å². The molecule has 0 unspecified atom stereocenters. The average molecular weight is 971 g/mol. The Morgan fingerprint density at radius 2 is 0.542 bits per heavy atom. The average Bonchev–Trinajstić information content (AvgIpc) is 2.96. The van der Waals surface area contributed by atoms with Crippen LogP contribution >= 0.6 is 15.6 Å². The Kier molecular flexibility index (Phi) is 31.8. The van der Waals surface area contributed by atoms with Gasteiger partial charge in [0.2, 0.25) is 0 Å². The number of rotatable bonds is 4. The van der Waals surface area contributed by atoms with Gasteiger partial charge >= 0.3 is 82.5 Å². The Bertz CT molecular complexity index is 1490. The number of anilines is 4. The quantitative estimate of drug-likeness (QED) is 0.0629. The summed E-state index contributed by atoms with van der Waals surface area (Å²) < 4.78 is 118. The Morgan fingerprint density at radius 3 is 0.576 bits per heavy atom. The van der Waals surface area contributed by atoms with Gasteiger partial charge in [0.05, 0.1) is 24.8 Å². The maximum absolute atomic E-state index is 10.7. The van der Waals surface area contributed by atoms with E-state index in [-0.39, 0.29) is 27.4 Å². The van der Waals surface area contributed by atoms with Crippen molar-refractivity contribution in [2.24, 2.45) is 0 Å². The number of carboxylic acid groups (broad SMARTS) is 4. The molecule has 344 valence electrons. The summed E-state index contributed by atoms with van der Waals surface area (Å²) in [5.74, 6) is -3.71. The fraction of sp³-hybridized carbons (Fsp3) is 0.0769. The number of nitrogen functional groups attached to an aromatic ring is 4. The van der Waals surface area contributed by atoms with Crippen LogP contribution in [0, 0.1) is 0 Å². The molecule has 0 aliphatic rings. The minimum atomic E-state index is -10.7. The van der Waals surface area contributed by atoms with Crippen molar-refractivity contribution in [1.82, 2.24) is 0 Å². The van der Waals surface area contributed by atoms with Gasteiger partial charge in [-0.25, -0.2) is 19.9 Å². The van der Waals surface area contributed by atoms with Crippen LogP contribution in [-0.2, 0) is 46.6 Å². The fourth-order valence-electron chi connectivity index (χ4n) is 1.86. The molecular formula is C26H38F12N8NiO10P2+2. The summed E-state index contributed by atoms with van der Waals surface area (Å²) in [6.45, 7) is 0. The van der Waals surface area contributed by atoms with E-state index in [9.17, 15) is 90.0 Å². The number of pyridine rings is 4. The summed E-state index contributed by atoms with van der Waals surface area (Å²) in [6.07, 6.45) is 5.09. The molecule has 0 radical (unpaired) electrons. The number of H-pyrrole nitrogens is 4. The molecular weight excluding hydrogens is 933 g/mol. The van der Waals surface area contributed by atoms with Gasteiger partial charge in [0, 0.05) is 61.0 Å². The predicted octanol–water partition coefficient (Wildman–Crippen LogP) is -0.997. The second-order valence-electron chi connectivity index (χ2n) is 9.03. The first-order valence-corrected chi connectivity index (χ1v) is 17.6. The van der Waals surface area contributed by atoms with E-state index >= 15 is 0 Å². The first-order chi connectivity index (χ1) is 24.7. The number of hydrogen-bond acceptors (Lipinski definition) is 12. The molecule has 0 spiro atoms. The first kappa shape index (κ1) is 67.8. The normalized spacial score (nSPS) is 11.5. The number of nitrogens with two attached hydrogens (primary N) is 4. The monoisotopic (exact) mass is 970 g/mol. The molecule has 0 saturated heterocycles. The van der Waals surface area contributed by atoms with Crippen molar-refractivity contribution in [1.29, 1.82) is 0 Å². The molecule has 0 amide bonds. The van der Waals surface area contributed by atoms with Crippen LogP contribution in [0.5, 0.6) is 0 Å². The van der Waals surface area contributed by atoms with Gasteiger partial charge in [0.1, 0.15) is 0 Å². The zero-order valence-electron chi connectivity index (χ0n) is 29.1. The second kappa shape index (κ2) is 27.7. The van der Waals surface area contributed by atoms with Crippen molar-refractivity contribution in [3.05, 3.63) is 97.6 Å². The van der Waals surface area contributed by atoms with Crippen LogP contribution in [0.25, 0.3) is 0 Å². The van der Waals surface area contributed by atoms with Crippen LogP contribution in [0.15, 0.2) is 97.6 Å². The molecule has 0 atom stereocenters. The number of halogens is 12. The van der Waals surface area contributed by atoms with E-state index in [4.69, 9.17) is 22.9 Å². The molecule has 0 fully saturated rings. The molecule has 4 rings (SSSR count). The van der Waals surface area contributed by atoms with Gasteiger partial charge in [0.25, 0.3) is 23.3 Å². The Balaban J connectivity index is -0.000000104. The zero-order chi connectivity index (χ0) is 45.0. The van der Waals surface area contributed by atoms with E-state index in [0.29, 0.717) is 23.3 Å². The molecule has 18 nitrogen and oxygen atoms in total. The van der Waals surface area contributed by atoms with Crippen molar-refractivity contribution in [3.8, 4) is 0 Å². The number of hydrogen-bond donors (Lipinski definition) is 4. The second-order valence-corrected chi connectivity index (χ2v) is 12.9. The molecule has 33 heteroatoms. The zero-order valence-corrected chi connectivity index (χ0v) is 31.9. The Labute approximate surface area is 333 Å². The molecule has 0 aliphatic carbocycles. The maximum atomic E-state index is 9.87. The van der Waals surface area contributed by atoms with Gasteiger partial charge in [-0.1, -0.05) is 24.3 Å². The Hall–Kier alpha value is -5.89. The van der Waals surface area contributed by atoms with Crippen LogP contribution < -0.4 is 63.3 Å². The van der Waals surface area contributed by atoms with Crippen LogP contribution in [0.3, 0.4) is 0 Å². The summed E-state index contributed by atoms with van der Waals surface area (Å²) in [4.78, 5) is 48.3. The maximum Gasteiger partial charge on any atom is 2.00 e. The van der Waals surface area contributed by atoms with Crippen molar-refractivity contribution in [3.63, 3.8) is 0 Å². The first-order valence-electron chi connectivity index (χ1n) is 13.5. The van der Waals surface area contributed by atoms with Crippen molar-refractivity contribution in [2.45, 2.75) is 12.8 Å². The predicted molar refractivity (Wildman–Crippen MR) is 176 cm³/mol. The number of aliphatic carboxylic acids is 4. The number of carbonyl (C=O) groups excluding carboxylic acids is 4. The summed E-state index contributed by atoms with van der Waals surface area (Å²) >= 11 is 0. The molecule has 4 heterocycles. The van der Waals surface area contributed by atoms with E-state index in [1.807, 2.05) is 48.5 Å². The SMILES string of the molecule is F[P-](F)(F)(F)(F)F.F[P-](F)(F)(F)(F)F.Nc1cccc[nH+]1.Nc1cccc[nH+]1.Nc1cccc[nH+]1.Nc1cccc[nH+]1.O=C([O-])CC(=O)[O-].O=C([O-])CC(=O)[O-].[Ni+2].[OH3+].[OH3+]. The van der Waals surface area contributed by atoms with Gasteiger partial charge in [-0.3, -0.25) is 22.9 Å². The number of nitrogens with one attached hydrogen (secondary N) is 4. The van der Waals surface area contributed by atoms with Gasteiger partial charge in [-0.2, -0.15) is 0 Å². The third kappa shape index (κ3) is 112. The topological polar surface area (TPSA) is 387 Å². The third-order valence-electron chi connectivity index (χ3n) is 3.51. The van der Waals surface area contributed by atoms with E-state index in [1.54, 1.807) is 49.1 Å². The number of aromatic amines is 4. The van der Waals surface area contributed by atoms with E-state index in [2.05, 4.69) is 19.9 Å². The summed E-state index contributed by atoms with van der Waals surface area (Å²) in [7, 11) is -21.3. The molecule has 0 saturated carbocycles. The van der Waals surface area contributed by atoms with E-state index in [0.717, 1.165) is 0 Å². The minimum Gasteiger partial charge on any atom is -0.550 e. The van der Waals surface area contributed by atoms with Crippen LogP contribution in [0.4, 0.5) is 73.6 Å². The molecule has 0 bridgehead atoms. The largest absolute Gasteiger partial charge is 2.00 e. The van der Waals surface area contributed by atoms with E-state index in [1.165, 1.54) is 0 Å². The number of carbonyl (C=O) groups is 4. The molecule has 59 heavy (non-hydrogen) atoms. The standard InChI is InChI=1S/4C5H6N2.2C3H4O4.2F6P.Ni.2H2O/c4*6-5-3-1-2-4-7-5;2*4-2(5)1-3(6)7;2*1-7(2,3,4,5)6;;;/h4*1-4H,(H2,6,7);2*1H2,(H,4,5)(H,6,7);;;;2*1H2/q;;;;;;2*-1;+2;;/p+2. The van der Waals surface area contributed by atoms with Crippen molar-refractivity contribution in [2.75, 3.05) is 22.9 Å². The number of carboxylic acids is 4. The third-order valence-corrected chi connectivity index (χ3v) is 3.51. The number of aromatic nitrogens is 4. The minimum absolute atomic E-state index is 0. The van der Waals surface area contributed by atoms with Crippen LogP contribution in [0.1, 0.15) is 12.8 Å². The van der Waals surface area contributed by atoms with Crippen LogP contribution in [0.2, 0.25) is 0 Å². The Morgan fingerprint density at radius 1 is 0.407 bits per heavy atom. The summed E-state index contributed by atoms with van der Waals surface area (Å²) in [5, 5.41) is 37.1.